The van der Waals surface area contributed by atoms with Crippen LogP contribution in [0.2, 0.25) is 0 Å². The first-order valence-electron chi connectivity index (χ1n) is 7.17. The number of Topliss-reactive ketones (excluding diaryl/α,β-unsaturated/α-hetero) is 1. The Bertz CT molecular complexity index is 841. The Kier molecular flexibility index (Phi) is 3.74. The fraction of sp³-hybridized carbons (Fsp3) is 0.235. The first kappa shape index (κ1) is 14.8. The molecule has 0 aliphatic heterocycles. The molecule has 5 heteroatoms. The molecule has 0 unspecified atom stereocenters. The van der Waals surface area contributed by atoms with E-state index in [1.807, 2.05) is 30.3 Å². The summed E-state index contributed by atoms with van der Waals surface area (Å²) in [6.07, 6.45) is 3.56. The molecule has 0 atom stereocenters. The smallest absolute Gasteiger partial charge is 0.229 e. The van der Waals surface area contributed by atoms with Crippen molar-refractivity contribution in [3.63, 3.8) is 0 Å². The maximum Gasteiger partial charge on any atom is 0.229 e. The van der Waals surface area contributed by atoms with E-state index in [1.165, 1.54) is 0 Å². The first-order chi connectivity index (χ1) is 10.4. The SMILES string of the molecule is CS(=O)(=O)Nc1cccc(-c2ccc3c(c2)CCCC3=O)c1. The molecule has 22 heavy (non-hydrogen) atoms. The van der Waals surface area contributed by atoms with Gasteiger partial charge in [-0.3, -0.25) is 9.52 Å². The van der Waals surface area contributed by atoms with Crippen LogP contribution in [0.3, 0.4) is 0 Å². The summed E-state index contributed by atoms with van der Waals surface area (Å²) in [7, 11) is -3.29. The molecular weight excluding hydrogens is 298 g/mol. The highest BCUT2D eigenvalue weighted by atomic mass is 32.2. The van der Waals surface area contributed by atoms with Crippen LogP contribution >= 0.6 is 0 Å². The lowest BCUT2D eigenvalue weighted by molar-refractivity contribution is 0.0972. The van der Waals surface area contributed by atoms with Crippen LogP contribution in [0.25, 0.3) is 11.1 Å². The van der Waals surface area contributed by atoms with Gasteiger partial charge in [0.15, 0.2) is 5.78 Å². The van der Waals surface area contributed by atoms with Gasteiger partial charge in [0.25, 0.3) is 0 Å². The van der Waals surface area contributed by atoms with E-state index >= 15 is 0 Å². The van der Waals surface area contributed by atoms with Gasteiger partial charge in [0, 0.05) is 17.7 Å². The predicted octanol–water partition coefficient (Wildman–Crippen LogP) is 3.24. The lowest BCUT2D eigenvalue weighted by atomic mass is 9.88. The number of anilines is 1. The van der Waals surface area contributed by atoms with Crippen LogP contribution < -0.4 is 4.72 Å². The minimum absolute atomic E-state index is 0.209. The van der Waals surface area contributed by atoms with Crippen molar-refractivity contribution in [2.75, 3.05) is 11.0 Å². The Balaban J connectivity index is 1.98. The molecule has 2 aromatic rings. The van der Waals surface area contributed by atoms with Gasteiger partial charge in [-0.2, -0.15) is 0 Å². The van der Waals surface area contributed by atoms with Crippen molar-refractivity contribution in [2.24, 2.45) is 0 Å². The van der Waals surface area contributed by atoms with Gasteiger partial charge >= 0.3 is 0 Å². The van der Waals surface area contributed by atoms with Crippen LogP contribution in [0.4, 0.5) is 5.69 Å². The largest absolute Gasteiger partial charge is 0.294 e. The first-order valence-corrected chi connectivity index (χ1v) is 9.06. The summed E-state index contributed by atoms with van der Waals surface area (Å²) >= 11 is 0. The van der Waals surface area contributed by atoms with E-state index in [2.05, 4.69) is 4.72 Å². The zero-order valence-electron chi connectivity index (χ0n) is 12.3. The second-order valence-corrected chi connectivity index (χ2v) is 7.35. The van der Waals surface area contributed by atoms with Gasteiger partial charge in [-0.05, 0) is 41.7 Å². The lowest BCUT2D eigenvalue weighted by Crippen LogP contribution is -2.10. The second kappa shape index (κ2) is 5.57. The standard InChI is InChI=1S/C17H17NO3S/c1-22(20,21)18-15-6-2-4-12(11-15)13-8-9-16-14(10-13)5-3-7-17(16)19/h2,4,6,8-11,18H,3,5,7H2,1H3. The van der Waals surface area contributed by atoms with Crippen LogP contribution in [0, 0.1) is 0 Å². The molecule has 0 heterocycles. The summed E-state index contributed by atoms with van der Waals surface area (Å²) in [5.74, 6) is 0.209. The number of carbonyl (C=O) groups is 1. The molecule has 2 aromatic carbocycles. The zero-order chi connectivity index (χ0) is 15.7. The number of benzene rings is 2. The number of aryl methyl sites for hydroxylation is 1. The predicted molar refractivity (Wildman–Crippen MR) is 87.6 cm³/mol. The molecule has 0 fully saturated rings. The second-order valence-electron chi connectivity index (χ2n) is 5.60. The summed E-state index contributed by atoms with van der Waals surface area (Å²) in [5, 5.41) is 0. The minimum Gasteiger partial charge on any atom is -0.294 e. The third-order valence-electron chi connectivity index (χ3n) is 3.75. The molecule has 0 radical (unpaired) electrons. The average molecular weight is 315 g/mol. The number of hydrogen-bond acceptors (Lipinski definition) is 3. The highest BCUT2D eigenvalue weighted by Gasteiger charge is 2.17. The van der Waals surface area contributed by atoms with Gasteiger partial charge in [0.05, 0.1) is 6.26 Å². The number of hydrogen-bond donors (Lipinski definition) is 1. The van der Waals surface area contributed by atoms with E-state index < -0.39 is 10.0 Å². The topological polar surface area (TPSA) is 63.2 Å². The van der Waals surface area contributed by atoms with Crippen molar-refractivity contribution < 1.29 is 13.2 Å². The quantitative estimate of drug-likeness (QED) is 0.945. The Morgan fingerprint density at radius 2 is 1.77 bits per heavy atom. The number of carbonyl (C=O) groups excluding carboxylic acids is 1. The molecule has 1 N–H and O–H groups in total. The number of rotatable bonds is 3. The molecule has 4 nitrogen and oxygen atoms in total. The number of sulfonamides is 1. The lowest BCUT2D eigenvalue weighted by Gasteiger charge is -2.16. The van der Waals surface area contributed by atoms with E-state index in [0.29, 0.717) is 12.1 Å². The van der Waals surface area contributed by atoms with E-state index in [9.17, 15) is 13.2 Å². The van der Waals surface area contributed by atoms with Crippen molar-refractivity contribution in [1.29, 1.82) is 0 Å². The van der Waals surface area contributed by atoms with Crippen molar-refractivity contribution in [2.45, 2.75) is 19.3 Å². The van der Waals surface area contributed by atoms with Crippen molar-refractivity contribution >= 4 is 21.5 Å². The van der Waals surface area contributed by atoms with Gasteiger partial charge in [0.2, 0.25) is 10.0 Å². The summed E-state index contributed by atoms with van der Waals surface area (Å²) in [6, 6.07) is 13.1. The summed E-state index contributed by atoms with van der Waals surface area (Å²) in [4.78, 5) is 11.9. The zero-order valence-corrected chi connectivity index (χ0v) is 13.1. The van der Waals surface area contributed by atoms with Gasteiger partial charge in [-0.25, -0.2) is 8.42 Å². The average Bonchev–Trinajstić information content (AvgIpc) is 2.46. The number of nitrogens with one attached hydrogen (secondary N) is 1. The monoisotopic (exact) mass is 315 g/mol. The molecule has 1 aliphatic rings. The van der Waals surface area contributed by atoms with E-state index in [4.69, 9.17) is 0 Å². The van der Waals surface area contributed by atoms with E-state index in [-0.39, 0.29) is 5.78 Å². The highest BCUT2D eigenvalue weighted by molar-refractivity contribution is 7.92. The Morgan fingerprint density at radius 3 is 2.55 bits per heavy atom. The third kappa shape index (κ3) is 3.20. The third-order valence-corrected chi connectivity index (χ3v) is 4.36. The molecule has 0 bridgehead atoms. The molecule has 114 valence electrons. The van der Waals surface area contributed by atoms with E-state index in [1.54, 1.807) is 12.1 Å². The Hall–Kier alpha value is -2.14. The van der Waals surface area contributed by atoms with Crippen molar-refractivity contribution in [1.82, 2.24) is 0 Å². The van der Waals surface area contributed by atoms with Crippen LogP contribution in [0.1, 0.15) is 28.8 Å². The molecule has 0 spiro atoms. The number of fused-ring (bicyclic) bond motifs is 1. The van der Waals surface area contributed by atoms with Crippen molar-refractivity contribution in [3.05, 3.63) is 53.6 Å². The maximum atomic E-state index is 11.9. The van der Waals surface area contributed by atoms with Gasteiger partial charge in [-0.15, -0.1) is 0 Å². The van der Waals surface area contributed by atoms with E-state index in [0.717, 1.165) is 41.4 Å². The Labute approximate surface area is 130 Å². The molecule has 1 aliphatic carbocycles. The molecule has 0 aromatic heterocycles. The van der Waals surface area contributed by atoms with Gasteiger partial charge in [-0.1, -0.05) is 30.3 Å². The molecule has 3 rings (SSSR count). The minimum atomic E-state index is -3.29. The Morgan fingerprint density at radius 1 is 1.00 bits per heavy atom. The fourth-order valence-electron chi connectivity index (χ4n) is 2.80. The molecule has 0 amide bonds. The summed E-state index contributed by atoms with van der Waals surface area (Å²) < 4.78 is 25.1. The van der Waals surface area contributed by atoms with Crippen molar-refractivity contribution in [3.8, 4) is 11.1 Å². The van der Waals surface area contributed by atoms with Crippen LogP contribution in [0.15, 0.2) is 42.5 Å². The van der Waals surface area contributed by atoms with Gasteiger partial charge in [0.1, 0.15) is 0 Å². The summed E-state index contributed by atoms with van der Waals surface area (Å²) in [5.41, 5.74) is 4.35. The fourth-order valence-corrected chi connectivity index (χ4v) is 3.36. The summed E-state index contributed by atoms with van der Waals surface area (Å²) in [6.45, 7) is 0. The molecular formula is C17H17NO3S. The van der Waals surface area contributed by atoms with Crippen LogP contribution in [0.5, 0.6) is 0 Å². The van der Waals surface area contributed by atoms with Crippen LogP contribution in [-0.2, 0) is 16.4 Å². The highest BCUT2D eigenvalue weighted by Crippen LogP contribution is 2.28. The molecule has 0 saturated heterocycles. The van der Waals surface area contributed by atoms with Crippen LogP contribution in [-0.4, -0.2) is 20.5 Å². The maximum absolute atomic E-state index is 11.9. The van der Waals surface area contributed by atoms with Gasteiger partial charge < -0.3 is 0 Å². The normalized spacial score (nSPS) is 14.5. The molecule has 0 saturated carbocycles. The number of ketones is 1.